The van der Waals surface area contributed by atoms with E-state index in [0.29, 0.717) is 16.3 Å². The van der Waals surface area contributed by atoms with Gasteiger partial charge in [-0.2, -0.15) is 0 Å². The Morgan fingerprint density at radius 3 is 2.41 bits per heavy atom. The van der Waals surface area contributed by atoms with Gasteiger partial charge in [-0.3, -0.25) is 4.31 Å². The van der Waals surface area contributed by atoms with Crippen LogP contribution in [0.2, 0.25) is 5.02 Å². The van der Waals surface area contributed by atoms with Crippen LogP contribution in [0.5, 0.6) is 5.75 Å². The summed E-state index contributed by atoms with van der Waals surface area (Å²) in [6, 6.07) is 16.5. The van der Waals surface area contributed by atoms with Gasteiger partial charge < -0.3 is 4.74 Å². The fraction of sp³-hybridized carbons (Fsp3) is 0.182. The molecule has 0 N–H and O–H groups in total. The Morgan fingerprint density at radius 1 is 1.03 bits per heavy atom. The van der Waals surface area contributed by atoms with Gasteiger partial charge in [0.2, 0.25) is 0 Å². The Kier molecular flexibility index (Phi) is 6.15. The van der Waals surface area contributed by atoms with Crippen LogP contribution in [-0.4, -0.2) is 15.5 Å². The number of para-hydroxylation sites is 1. The van der Waals surface area contributed by atoms with Gasteiger partial charge in [0.05, 0.1) is 23.7 Å². The molecule has 0 amide bonds. The minimum Gasteiger partial charge on any atom is -0.496 e. The molecule has 0 bridgehead atoms. The van der Waals surface area contributed by atoms with E-state index < -0.39 is 21.9 Å². The molecule has 0 aliphatic rings. The molecule has 3 aromatic carbocycles. The molecule has 4 nitrogen and oxygen atoms in total. The van der Waals surface area contributed by atoms with Gasteiger partial charge in [-0.05, 0) is 55.8 Å². The molecule has 3 aromatic rings. The number of hydrogen-bond donors (Lipinski definition) is 0. The second kappa shape index (κ2) is 8.43. The summed E-state index contributed by atoms with van der Waals surface area (Å²) in [6.07, 6.45) is 0. The van der Waals surface area contributed by atoms with Crippen LogP contribution in [0.25, 0.3) is 0 Å². The van der Waals surface area contributed by atoms with Gasteiger partial charge >= 0.3 is 0 Å². The highest BCUT2D eigenvalue weighted by atomic mass is 35.5. The number of methoxy groups -OCH3 is 1. The lowest BCUT2D eigenvalue weighted by atomic mass is 10.1. The highest BCUT2D eigenvalue weighted by molar-refractivity contribution is 7.92. The third-order valence-corrected chi connectivity index (χ3v) is 7.01. The third kappa shape index (κ3) is 4.23. The first-order valence-corrected chi connectivity index (χ1v) is 10.8. The zero-order valence-corrected chi connectivity index (χ0v) is 17.8. The van der Waals surface area contributed by atoms with Crippen molar-refractivity contribution in [3.8, 4) is 5.75 Å². The lowest BCUT2D eigenvalue weighted by Crippen LogP contribution is -2.34. The summed E-state index contributed by atoms with van der Waals surface area (Å²) in [4.78, 5) is 0.0270. The SMILES string of the molecule is COc1ccccc1[C@H](C)N(c1cccc(F)c1)S(=O)(=O)c1ccc(C)c(Cl)c1. The second-order valence-corrected chi connectivity index (χ2v) is 8.83. The van der Waals surface area contributed by atoms with Gasteiger partial charge in [0, 0.05) is 10.6 Å². The van der Waals surface area contributed by atoms with Gasteiger partial charge in [0.15, 0.2) is 0 Å². The number of nitrogens with zero attached hydrogens (tertiary/aromatic N) is 1. The van der Waals surface area contributed by atoms with Crippen molar-refractivity contribution in [2.45, 2.75) is 24.8 Å². The molecule has 0 aliphatic heterocycles. The largest absolute Gasteiger partial charge is 0.496 e. The Balaban J connectivity index is 2.21. The molecule has 0 saturated heterocycles. The van der Waals surface area contributed by atoms with Crippen molar-refractivity contribution >= 4 is 27.3 Å². The lowest BCUT2D eigenvalue weighted by molar-refractivity contribution is 0.407. The Labute approximate surface area is 175 Å². The molecular formula is C22H21ClFNO3S. The first kappa shape index (κ1) is 21.1. The summed E-state index contributed by atoms with van der Waals surface area (Å²) in [5.41, 5.74) is 1.63. The van der Waals surface area contributed by atoms with Gasteiger partial charge in [-0.25, -0.2) is 12.8 Å². The van der Waals surface area contributed by atoms with Crippen molar-refractivity contribution in [2.24, 2.45) is 0 Å². The fourth-order valence-corrected chi connectivity index (χ4v) is 5.07. The van der Waals surface area contributed by atoms with Crippen LogP contribution in [0, 0.1) is 12.7 Å². The van der Waals surface area contributed by atoms with Crippen LogP contribution in [0.1, 0.15) is 24.1 Å². The number of sulfonamides is 1. The zero-order chi connectivity index (χ0) is 21.2. The average molecular weight is 434 g/mol. The molecule has 1 atom stereocenters. The average Bonchev–Trinajstić information content (AvgIpc) is 2.69. The molecule has 152 valence electrons. The lowest BCUT2D eigenvalue weighted by Gasteiger charge is -2.31. The number of anilines is 1. The van der Waals surface area contributed by atoms with Crippen LogP contribution in [0.4, 0.5) is 10.1 Å². The van der Waals surface area contributed by atoms with Crippen molar-refractivity contribution in [3.63, 3.8) is 0 Å². The Bertz CT molecular complexity index is 1130. The van der Waals surface area contributed by atoms with Crippen LogP contribution in [-0.2, 0) is 10.0 Å². The Hall–Kier alpha value is -2.57. The fourth-order valence-electron chi connectivity index (χ4n) is 3.17. The normalized spacial score (nSPS) is 12.4. The van der Waals surface area contributed by atoms with Crippen LogP contribution < -0.4 is 9.04 Å². The zero-order valence-electron chi connectivity index (χ0n) is 16.3. The third-order valence-electron chi connectivity index (χ3n) is 4.70. The molecule has 0 saturated carbocycles. The molecule has 0 heterocycles. The van der Waals surface area contributed by atoms with Gasteiger partial charge in [0.1, 0.15) is 11.6 Å². The summed E-state index contributed by atoms with van der Waals surface area (Å²) in [5, 5.41) is 0.343. The minimum atomic E-state index is -4.06. The topological polar surface area (TPSA) is 46.6 Å². The first-order valence-electron chi connectivity index (χ1n) is 8.94. The molecule has 0 aliphatic carbocycles. The molecule has 29 heavy (non-hydrogen) atoms. The van der Waals surface area contributed by atoms with Crippen molar-refractivity contribution < 1.29 is 17.5 Å². The highest BCUT2D eigenvalue weighted by Gasteiger charge is 2.32. The van der Waals surface area contributed by atoms with Crippen molar-refractivity contribution in [1.82, 2.24) is 0 Å². The molecule has 0 fully saturated rings. The standard InChI is InChI=1S/C22H21ClFNO3S/c1-15-11-12-19(14-21(15)23)29(26,27)25(18-8-6-7-17(24)13-18)16(2)20-9-4-5-10-22(20)28-3/h4-14,16H,1-3H3/t16-/m0/s1. The molecule has 0 aromatic heterocycles. The maximum atomic E-state index is 14.0. The van der Waals surface area contributed by atoms with Gasteiger partial charge in [0.25, 0.3) is 10.0 Å². The van der Waals surface area contributed by atoms with E-state index in [2.05, 4.69) is 0 Å². The summed E-state index contributed by atoms with van der Waals surface area (Å²) in [5.74, 6) is 0.00964. The number of rotatable bonds is 6. The summed E-state index contributed by atoms with van der Waals surface area (Å²) in [7, 11) is -2.54. The number of ether oxygens (including phenoxy) is 1. The predicted molar refractivity (Wildman–Crippen MR) is 114 cm³/mol. The summed E-state index contributed by atoms with van der Waals surface area (Å²) < 4.78 is 47.8. The Morgan fingerprint density at radius 2 is 1.76 bits per heavy atom. The number of halogens is 2. The second-order valence-electron chi connectivity index (χ2n) is 6.61. The van der Waals surface area contributed by atoms with Crippen LogP contribution >= 0.6 is 11.6 Å². The molecule has 0 spiro atoms. The van der Waals surface area contributed by atoms with Crippen LogP contribution in [0.3, 0.4) is 0 Å². The van der Waals surface area contributed by atoms with E-state index in [1.54, 1.807) is 50.2 Å². The molecule has 7 heteroatoms. The molecular weight excluding hydrogens is 413 g/mol. The van der Waals surface area contributed by atoms with E-state index in [0.717, 1.165) is 5.56 Å². The summed E-state index contributed by atoms with van der Waals surface area (Å²) >= 11 is 6.18. The summed E-state index contributed by atoms with van der Waals surface area (Å²) in [6.45, 7) is 3.52. The van der Waals surface area contributed by atoms with E-state index in [4.69, 9.17) is 16.3 Å². The van der Waals surface area contributed by atoms with Crippen molar-refractivity contribution in [1.29, 1.82) is 0 Å². The number of aryl methyl sites for hydroxylation is 1. The van der Waals surface area contributed by atoms with E-state index in [1.807, 2.05) is 0 Å². The monoisotopic (exact) mass is 433 g/mol. The van der Waals surface area contributed by atoms with E-state index in [1.165, 1.54) is 41.7 Å². The van der Waals surface area contributed by atoms with E-state index >= 15 is 0 Å². The molecule has 0 radical (unpaired) electrons. The molecule has 3 rings (SSSR count). The van der Waals surface area contributed by atoms with Crippen molar-refractivity contribution in [2.75, 3.05) is 11.4 Å². The first-order chi connectivity index (χ1) is 13.8. The van der Waals surface area contributed by atoms with Gasteiger partial charge in [-0.1, -0.05) is 41.9 Å². The van der Waals surface area contributed by atoms with Crippen molar-refractivity contribution in [3.05, 3.63) is 88.7 Å². The predicted octanol–water partition coefficient (Wildman–Crippen LogP) is 5.75. The quantitative estimate of drug-likeness (QED) is 0.497. The smallest absolute Gasteiger partial charge is 0.264 e. The highest BCUT2D eigenvalue weighted by Crippen LogP contribution is 2.37. The maximum absolute atomic E-state index is 14.0. The minimum absolute atomic E-state index is 0.0270. The van der Waals surface area contributed by atoms with E-state index in [-0.39, 0.29) is 10.6 Å². The molecule has 0 unspecified atom stereocenters. The number of benzene rings is 3. The van der Waals surface area contributed by atoms with Crippen LogP contribution in [0.15, 0.2) is 71.6 Å². The van der Waals surface area contributed by atoms with Gasteiger partial charge in [-0.15, -0.1) is 0 Å². The van der Waals surface area contributed by atoms with E-state index in [9.17, 15) is 12.8 Å². The maximum Gasteiger partial charge on any atom is 0.264 e. The number of hydrogen-bond acceptors (Lipinski definition) is 3.